The van der Waals surface area contributed by atoms with Gasteiger partial charge in [-0.2, -0.15) is 4.98 Å². The standard InChI is InChI=1S/C13H14N4O3/c1-2-19-13-15-12(16-17-13)14-11(18)9-7-20-10-6-4-3-5-8(9)10/h3-6,9H,2,7H2,1H3,(H2,14,15,16,17,18). The molecule has 3 rings (SSSR count). The minimum absolute atomic E-state index is 0.186. The van der Waals surface area contributed by atoms with Crippen LogP contribution in [-0.2, 0) is 4.79 Å². The maximum atomic E-state index is 12.2. The summed E-state index contributed by atoms with van der Waals surface area (Å²) in [5.41, 5.74) is 0.884. The fourth-order valence-corrected chi connectivity index (χ4v) is 2.08. The Bertz CT molecular complexity index is 626. The van der Waals surface area contributed by atoms with Gasteiger partial charge in [-0.1, -0.05) is 18.2 Å². The largest absolute Gasteiger partial charge is 0.492 e. The number of aromatic amines is 1. The Hall–Kier alpha value is -2.57. The number of ether oxygens (including phenoxy) is 2. The molecule has 1 aromatic carbocycles. The Balaban J connectivity index is 1.71. The van der Waals surface area contributed by atoms with Crippen molar-refractivity contribution in [1.29, 1.82) is 0 Å². The van der Waals surface area contributed by atoms with Gasteiger partial charge in [-0.3, -0.25) is 10.1 Å². The van der Waals surface area contributed by atoms with E-state index in [9.17, 15) is 4.79 Å². The zero-order valence-corrected chi connectivity index (χ0v) is 10.9. The van der Waals surface area contributed by atoms with Gasteiger partial charge in [0.1, 0.15) is 18.3 Å². The zero-order valence-electron chi connectivity index (χ0n) is 10.9. The van der Waals surface area contributed by atoms with E-state index in [4.69, 9.17) is 9.47 Å². The van der Waals surface area contributed by atoms with E-state index in [1.54, 1.807) is 0 Å². The summed E-state index contributed by atoms with van der Waals surface area (Å²) in [5, 5.41) is 9.11. The quantitative estimate of drug-likeness (QED) is 0.877. The third-order valence-corrected chi connectivity index (χ3v) is 3.00. The molecule has 7 heteroatoms. The van der Waals surface area contributed by atoms with Crippen molar-refractivity contribution in [2.24, 2.45) is 0 Å². The molecule has 7 nitrogen and oxygen atoms in total. The van der Waals surface area contributed by atoms with Gasteiger partial charge in [0, 0.05) is 5.56 Å². The molecule has 1 aliphatic heterocycles. The SMILES string of the molecule is CCOc1n[nH]c(NC(=O)C2COc3ccccc32)n1. The van der Waals surface area contributed by atoms with Crippen LogP contribution in [0.5, 0.6) is 11.8 Å². The zero-order chi connectivity index (χ0) is 13.9. The number of amides is 1. The average molecular weight is 274 g/mol. The first-order valence-corrected chi connectivity index (χ1v) is 6.35. The Morgan fingerprint density at radius 2 is 2.40 bits per heavy atom. The molecule has 2 heterocycles. The Labute approximate surface area is 115 Å². The number of hydrogen-bond acceptors (Lipinski definition) is 5. The number of H-pyrrole nitrogens is 1. The first-order valence-electron chi connectivity index (χ1n) is 6.35. The van der Waals surface area contributed by atoms with E-state index in [-0.39, 0.29) is 23.8 Å². The lowest BCUT2D eigenvalue weighted by molar-refractivity contribution is -0.117. The maximum absolute atomic E-state index is 12.2. The monoisotopic (exact) mass is 274 g/mol. The smallest absolute Gasteiger partial charge is 0.337 e. The fourth-order valence-electron chi connectivity index (χ4n) is 2.08. The number of para-hydroxylation sites is 1. The van der Waals surface area contributed by atoms with E-state index in [0.717, 1.165) is 11.3 Å². The molecule has 1 aromatic heterocycles. The van der Waals surface area contributed by atoms with E-state index in [2.05, 4.69) is 20.5 Å². The van der Waals surface area contributed by atoms with Gasteiger partial charge in [-0.15, -0.1) is 5.10 Å². The highest BCUT2D eigenvalue weighted by Crippen LogP contribution is 2.33. The summed E-state index contributed by atoms with van der Waals surface area (Å²) < 4.78 is 10.6. The van der Waals surface area contributed by atoms with Crippen LogP contribution in [0, 0.1) is 0 Å². The van der Waals surface area contributed by atoms with Gasteiger partial charge in [0.15, 0.2) is 0 Å². The van der Waals surface area contributed by atoms with Crippen LogP contribution in [-0.4, -0.2) is 34.3 Å². The summed E-state index contributed by atoms with van der Waals surface area (Å²) in [7, 11) is 0. The third-order valence-electron chi connectivity index (χ3n) is 3.00. The summed E-state index contributed by atoms with van der Waals surface area (Å²) >= 11 is 0. The van der Waals surface area contributed by atoms with E-state index < -0.39 is 0 Å². The summed E-state index contributed by atoms with van der Waals surface area (Å²) in [4.78, 5) is 16.2. The molecule has 0 radical (unpaired) electrons. The number of carbonyl (C=O) groups is 1. The Morgan fingerprint density at radius 3 is 3.25 bits per heavy atom. The number of benzene rings is 1. The van der Waals surface area contributed by atoms with Crippen molar-refractivity contribution < 1.29 is 14.3 Å². The number of fused-ring (bicyclic) bond motifs is 1. The molecule has 0 saturated carbocycles. The van der Waals surface area contributed by atoms with Gasteiger partial charge in [0.2, 0.25) is 11.9 Å². The van der Waals surface area contributed by atoms with E-state index in [1.807, 2.05) is 31.2 Å². The van der Waals surface area contributed by atoms with Crippen LogP contribution in [0.2, 0.25) is 0 Å². The van der Waals surface area contributed by atoms with Crippen LogP contribution in [0.3, 0.4) is 0 Å². The van der Waals surface area contributed by atoms with E-state index in [1.165, 1.54) is 0 Å². The summed E-state index contributed by atoms with van der Waals surface area (Å²) in [6, 6.07) is 7.72. The topological polar surface area (TPSA) is 89.1 Å². The number of carbonyl (C=O) groups excluding carboxylic acids is 1. The average Bonchev–Trinajstić information content (AvgIpc) is 3.06. The molecule has 0 aliphatic carbocycles. The molecule has 1 aliphatic rings. The fraction of sp³-hybridized carbons (Fsp3) is 0.308. The van der Waals surface area contributed by atoms with Crippen LogP contribution in [0.1, 0.15) is 18.4 Å². The number of anilines is 1. The molecule has 2 N–H and O–H groups in total. The number of aromatic nitrogens is 3. The summed E-state index contributed by atoms with van der Waals surface area (Å²) in [6.07, 6.45) is 0. The number of nitrogens with zero attached hydrogens (tertiary/aromatic N) is 2. The van der Waals surface area contributed by atoms with Crippen LogP contribution < -0.4 is 14.8 Å². The molecular formula is C13H14N4O3. The Morgan fingerprint density at radius 1 is 1.55 bits per heavy atom. The normalized spacial score (nSPS) is 16.4. The first kappa shape index (κ1) is 12.5. The van der Waals surface area contributed by atoms with E-state index >= 15 is 0 Å². The molecular weight excluding hydrogens is 260 g/mol. The van der Waals surface area contributed by atoms with Gasteiger partial charge < -0.3 is 9.47 Å². The number of hydrogen-bond donors (Lipinski definition) is 2. The van der Waals surface area contributed by atoms with Crippen molar-refractivity contribution in [3.63, 3.8) is 0 Å². The Kier molecular flexibility index (Phi) is 3.24. The molecule has 0 spiro atoms. The second-order valence-electron chi connectivity index (χ2n) is 4.29. The summed E-state index contributed by atoms with van der Waals surface area (Å²) in [6.45, 7) is 2.63. The van der Waals surface area contributed by atoms with Crippen molar-refractivity contribution in [3.8, 4) is 11.8 Å². The third kappa shape index (κ3) is 2.29. The highest BCUT2D eigenvalue weighted by atomic mass is 16.5. The predicted molar refractivity (Wildman–Crippen MR) is 70.9 cm³/mol. The van der Waals surface area contributed by atoms with Crippen LogP contribution >= 0.6 is 0 Å². The molecule has 1 atom stereocenters. The molecule has 2 aromatic rings. The van der Waals surface area contributed by atoms with Gasteiger partial charge in [-0.05, 0) is 13.0 Å². The lowest BCUT2D eigenvalue weighted by atomic mass is 10.0. The van der Waals surface area contributed by atoms with Crippen molar-refractivity contribution in [2.75, 3.05) is 18.5 Å². The van der Waals surface area contributed by atoms with Gasteiger partial charge >= 0.3 is 6.01 Å². The molecule has 0 bridgehead atoms. The predicted octanol–water partition coefficient (Wildman–Crippen LogP) is 1.32. The molecule has 20 heavy (non-hydrogen) atoms. The minimum atomic E-state index is -0.341. The second-order valence-corrected chi connectivity index (χ2v) is 4.29. The van der Waals surface area contributed by atoms with Crippen molar-refractivity contribution in [1.82, 2.24) is 15.2 Å². The van der Waals surface area contributed by atoms with Crippen molar-refractivity contribution in [2.45, 2.75) is 12.8 Å². The molecule has 1 amide bonds. The molecule has 0 fully saturated rings. The van der Waals surface area contributed by atoms with Gasteiger partial charge in [0.05, 0.1) is 6.61 Å². The van der Waals surface area contributed by atoms with Gasteiger partial charge in [0.25, 0.3) is 0 Å². The number of rotatable bonds is 4. The van der Waals surface area contributed by atoms with Crippen LogP contribution in [0.25, 0.3) is 0 Å². The van der Waals surface area contributed by atoms with Gasteiger partial charge in [-0.25, -0.2) is 5.10 Å². The molecule has 0 saturated heterocycles. The number of nitrogens with one attached hydrogen (secondary N) is 2. The second kappa shape index (κ2) is 5.20. The molecule has 104 valence electrons. The lowest BCUT2D eigenvalue weighted by Crippen LogP contribution is -2.22. The lowest BCUT2D eigenvalue weighted by Gasteiger charge is -2.07. The maximum Gasteiger partial charge on any atom is 0.337 e. The van der Waals surface area contributed by atoms with Crippen LogP contribution in [0.15, 0.2) is 24.3 Å². The van der Waals surface area contributed by atoms with E-state index in [0.29, 0.717) is 13.2 Å². The van der Waals surface area contributed by atoms with Crippen molar-refractivity contribution in [3.05, 3.63) is 29.8 Å². The van der Waals surface area contributed by atoms with Crippen molar-refractivity contribution >= 4 is 11.9 Å². The summed E-state index contributed by atoms with van der Waals surface area (Å²) in [5.74, 6) is 0.490. The van der Waals surface area contributed by atoms with Crippen LogP contribution in [0.4, 0.5) is 5.95 Å². The highest BCUT2D eigenvalue weighted by molar-refractivity contribution is 5.95. The highest BCUT2D eigenvalue weighted by Gasteiger charge is 2.30. The molecule has 1 unspecified atom stereocenters. The minimum Gasteiger partial charge on any atom is -0.492 e. The first-order chi connectivity index (χ1) is 9.78.